The average molecular weight is 430 g/mol. The fourth-order valence-corrected chi connectivity index (χ4v) is 3.98. The van der Waals surface area contributed by atoms with Gasteiger partial charge < -0.3 is 5.32 Å². The normalized spacial score (nSPS) is 12.8. The van der Waals surface area contributed by atoms with Gasteiger partial charge >= 0.3 is 6.18 Å². The lowest BCUT2D eigenvalue weighted by atomic mass is 10.1. The number of fused-ring (bicyclic) bond motifs is 1. The summed E-state index contributed by atoms with van der Waals surface area (Å²) >= 11 is 1.26. The summed E-state index contributed by atoms with van der Waals surface area (Å²) in [7, 11) is 0. The molecule has 0 spiro atoms. The van der Waals surface area contributed by atoms with Crippen LogP contribution in [0.1, 0.15) is 28.7 Å². The van der Waals surface area contributed by atoms with Gasteiger partial charge in [0.1, 0.15) is 5.69 Å². The van der Waals surface area contributed by atoms with E-state index < -0.39 is 11.7 Å². The van der Waals surface area contributed by atoms with Crippen LogP contribution in [-0.4, -0.2) is 26.3 Å². The van der Waals surface area contributed by atoms with Gasteiger partial charge in [-0.05, 0) is 31.2 Å². The zero-order valence-electron chi connectivity index (χ0n) is 15.8. The lowest BCUT2D eigenvalue weighted by molar-refractivity contribution is -0.137. The fourth-order valence-electron chi connectivity index (χ4n) is 3.12. The lowest BCUT2D eigenvalue weighted by Gasteiger charge is -2.13. The van der Waals surface area contributed by atoms with E-state index in [9.17, 15) is 18.0 Å². The number of hydrogen-bond acceptors (Lipinski definition) is 4. The second-order valence-corrected chi connectivity index (χ2v) is 7.71. The van der Waals surface area contributed by atoms with Crippen molar-refractivity contribution < 1.29 is 18.0 Å². The molecular formula is C21H17F3N4OS. The molecule has 4 rings (SSSR count). The first kappa shape index (κ1) is 20.1. The number of nitrogens with zero attached hydrogens (tertiary/aromatic N) is 3. The summed E-state index contributed by atoms with van der Waals surface area (Å²) in [4.78, 5) is 21.9. The van der Waals surface area contributed by atoms with Gasteiger partial charge in [-0.15, -0.1) is 11.3 Å². The van der Waals surface area contributed by atoms with Crippen LogP contribution in [0.15, 0.2) is 60.2 Å². The minimum atomic E-state index is -4.43. The van der Waals surface area contributed by atoms with Crippen LogP contribution in [0.2, 0.25) is 0 Å². The Kier molecular flexibility index (Phi) is 5.29. The highest BCUT2D eigenvalue weighted by molar-refractivity contribution is 7.15. The standard InChI is InChI=1S/C21H17F3N4OS/c1-13(9-16-7-2-3-8-25-16)26-19(29)18-12-30-20-27-17(11-28(18)20)14-5-4-6-15(10-14)21(22,23)24/h2-8,10-13H,9H2,1H3,(H,26,29). The molecule has 0 fully saturated rings. The number of benzene rings is 1. The number of halogens is 3. The summed E-state index contributed by atoms with van der Waals surface area (Å²) in [5.74, 6) is -0.280. The lowest BCUT2D eigenvalue weighted by Crippen LogP contribution is -2.34. The maximum Gasteiger partial charge on any atom is 0.416 e. The zero-order valence-corrected chi connectivity index (χ0v) is 16.7. The summed E-state index contributed by atoms with van der Waals surface area (Å²) in [6, 6.07) is 10.5. The zero-order chi connectivity index (χ0) is 21.3. The maximum atomic E-state index is 13.0. The molecule has 30 heavy (non-hydrogen) atoms. The predicted octanol–water partition coefficient (Wildman–Crippen LogP) is 4.84. The van der Waals surface area contributed by atoms with E-state index in [-0.39, 0.29) is 11.9 Å². The van der Waals surface area contributed by atoms with E-state index >= 15 is 0 Å². The van der Waals surface area contributed by atoms with Crippen LogP contribution in [0.3, 0.4) is 0 Å². The van der Waals surface area contributed by atoms with Crippen LogP contribution in [0.25, 0.3) is 16.2 Å². The number of rotatable bonds is 5. The molecule has 3 heterocycles. The summed E-state index contributed by atoms with van der Waals surface area (Å²) < 4.78 is 40.6. The average Bonchev–Trinajstić information content (AvgIpc) is 3.29. The summed E-state index contributed by atoms with van der Waals surface area (Å²) in [5, 5.41) is 4.61. The van der Waals surface area contributed by atoms with Crippen molar-refractivity contribution >= 4 is 22.2 Å². The summed E-state index contributed by atoms with van der Waals surface area (Å²) in [5.41, 5.74) is 1.24. The third-order valence-electron chi connectivity index (χ3n) is 4.55. The van der Waals surface area contributed by atoms with Crippen LogP contribution in [-0.2, 0) is 12.6 Å². The number of hydrogen-bond donors (Lipinski definition) is 1. The molecule has 5 nitrogen and oxygen atoms in total. The Bertz CT molecular complexity index is 1180. The van der Waals surface area contributed by atoms with Crippen molar-refractivity contribution in [3.8, 4) is 11.3 Å². The van der Waals surface area contributed by atoms with Gasteiger partial charge in [0, 0.05) is 41.5 Å². The Labute approximate surface area is 174 Å². The maximum absolute atomic E-state index is 13.0. The second kappa shape index (κ2) is 7.91. The van der Waals surface area contributed by atoms with Crippen molar-refractivity contribution in [3.63, 3.8) is 0 Å². The first-order valence-electron chi connectivity index (χ1n) is 9.16. The number of aromatic nitrogens is 3. The molecule has 0 saturated carbocycles. The number of amides is 1. The van der Waals surface area contributed by atoms with E-state index in [1.807, 2.05) is 25.1 Å². The Balaban J connectivity index is 1.55. The van der Waals surface area contributed by atoms with Gasteiger partial charge in [-0.1, -0.05) is 18.2 Å². The van der Waals surface area contributed by atoms with Crippen molar-refractivity contribution in [2.75, 3.05) is 0 Å². The van der Waals surface area contributed by atoms with Crippen LogP contribution in [0.5, 0.6) is 0 Å². The van der Waals surface area contributed by atoms with Gasteiger partial charge in [-0.25, -0.2) is 4.98 Å². The number of nitrogens with one attached hydrogen (secondary N) is 1. The topological polar surface area (TPSA) is 59.3 Å². The highest BCUT2D eigenvalue weighted by Crippen LogP contribution is 2.32. The Morgan fingerprint density at radius 2 is 2.07 bits per heavy atom. The van der Waals surface area contributed by atoms with Gasteiger partial charge in [0.15, 0.2) is 4.96 Å². The first-order chi connectivity index (χ1) is 14.3. The number of carbonyl (C=O) groups excluding carboxylic acids is 1. The van der Waals surface area contributed by atoms with Crippen LogP contribution < -0.4 is 5.32 Å². The van der Waals surface area contributed by atoms with E-state index in [1.54, 1.807) is 28.2 Å². The SMILES string of the molecule is CC(Cc1ccccn1)NC(=O)c1csc2nc(-c3cccc(C(F)(F)F)c3)cn12. The third-order valence-corrected chi connectivity index (χ3v) is 5.39. The van der Waals surface area contributed by atoms with Gasteiger partial charge in [-0.3, -0.25) is 14.2 Å². The van der Waals surface area contributed by atoms with Gasteiger partial charge in [0.2, 0.25) is 0 Å². The number of carbonyl (C=O) groups is 1. The molecule has 0 bridgehead atoms. The highest BCUT2D eigenvalue weighted by atomic mass is 32.1. The van der Waals surface area contributed by atoms with Crippen LogP contribution in [0.4, 0.5) is 13.2 Å². The Hall–Kier alpha value is -3.20. The second-order valence-electron chi connectivity index (χ2n) is 6.88. The molecule has 154 valence electrons. The molecule has 1 aromatic carbocycles. The molecule has 9 heteroatoms. The quantitative estimate of drug-likeness (QED) is 0.493. The molecule has 0 aliphatic heterocycles. The minimum Gasteiger partial charge on any atom is -0.348 e. The molecule has 0 aliphatic carbocycles. The van der Waals surface area contributed by atoms with Crippen molar-refractivity contribution in [3.05, 3.63) is 77.2 Å². The first-order valence-corrected chi connectivity index (χ1v) is 10.0. The fraction of sp³-hybridized carbons (Fsp3) is 0.190. The van der Waals surface area contributed by atoms with Crippen LogP contribution in [0, 0.1) is 0 Å². The van der Waals surface area contributed by atoms with Crippen molar-refractivity contribution in [1.29, 1.82) is 0 Å². The molecule has 0 radical (unpaired) electrons. The van der Waals surface area contributed by atoms with Gasteiger partial charge in [0.25, 0.3) is 5.91 Å². The number of alkyl halides is 3. The molecule has 0 aliphatic rings. The van der Waals surface area contributed by atoms with Gasteiger partial charge in [-0.2, -0.15) is 13.2 Å². The minimum absolute atomic E-state index is 0.145. The van der Waals surface area contributed by atoms with Crippen molar-refractivity contribution in [1.82, 2.24) is 19.7 Å². The Morgan fingerprint density at radius 1 is 1.23 bits per heavy atom. The monoisotopic (exact) mass is 430 g/mol. The summed E-state index contributed by atoms with van der Waals surface area (Å²) in [6.45, 7) is 1.89. The third kappa shape index (κ3) is 4.20. The Morgan fingerprint density at radius 3 is 2.80 bits per heavy atom. The number of imidazole rings is 1. The molecule has 1 N–H and O–H groups in total. The largest absolute Gasteiger partial charge is 0.416 e. The summed E-state index contributed by atoms with van der Waals surface area (Å²) in [6.07, 6.45) is -0.562. The molecule has 3 aromatic heterocycles. The van der Waals surface area contributed by atoms with Crippen molar-refractivity contribution in [2.45, 2.75) is 25.6 Å². The number of pyridine rings is 1. The van der Waals surface area contributed by atoms with E-state index in [0.29, 0.717) is 28.3 Å². The molecule has 1 unspecified atom stereocenters. The van der Waals surface area contributed by atoms with Gasteiger partial charge in [0.05, 0.1) is 11.3 Å². The molecule has 1 amide bonds. The highest BCUT2D eigenvalue weighted by Gasteiger charge is 2.30. The smallest absolute Gasteiger partial charge is 0.348 e. The van der Waals surface area contributed by atoms with Crippen molar-refractivity contribution in [2.24, 2.45) is 0 Å². The molecule has 1 atom stereocenters. The molecular weight excluding hydrogens is 413 g/mol. The van der Waals surface area contributed by atoms with E-state index in [1.165, 1.54) is 17.4 Å². The van der Waals surface area contributed by atoms with Crippen LogP contribution >= 0.6 is 11.3 Å². The predicted molar refractivity (Wildman–Crippen MR) is 108 cm³/mol. The van der Waals surface area contributed by atoms with E-state index in [0.717, 1.165) is 17.8 Å². The number of thiazole rings is 1. The van der Waals surface area contributed by atoms with E-state index in [2.05, 4.69) is 15.3 Å². The van der Waals surface area contributed by atoms with E-state index in [4.69, 9.17) is 0 Å². The molecule has 4 aromatic rings. The molecule has 0 saturated heterocycles.